The standard InChI is InChI=1S/C30H25ClF4N4O3S/c1-15-13-36-28(18-4-3-5-23(25(18)34)38-43(41)8-6-42-7-9-43)26(35)29(15)39-16(2)10-20(24(31)30(39)40)19-12-21(19)27-22(33)11-17(32)14-37-27/h3-5,10-11,13-14,19,21H,6-9,12H2,1-2H3/t19-,21+/m1/s1. The topological polar surface area (TPSA) is 86.4 Å². The molecule has 2 atom stereocenters. The van der Waals surface area contributed by atoms with Crippen LogP contribution in [0.1, 0.15) is 40.8 Å². The second kappa shape index (κ2) is 11.1. The minimum atomic E-state index is -2.74. The highest BCUT2D eigenvalue weighted by molar-refractivity contribution is 7.93. The summed E-state index contributed by atoms with van der Waals surface area (Å²) in [6, 6.07) is 6.54. The molecule has 224 valence electrons. The van der Waals surface area contributed by atoms with Gasteiger partial charge < -0.3 is 4.74 Å². The fraction of sp³-hybridized carbons (Fsp3) is 0.300. The van der Waals surface area contributed by atoms with Crippen LogP contribution in [0.15, 0.2) is 51.9 Å². The van der Waals surface area contributed by atoms with Crippen molar-refractivity contribution in [1.82, 2.24) is 14.5 Å². The molecular formula is C30H25ClF4N4O3S. The van der Waals surface area contributed by atoms with E-state index in [0.29, 0.717) is 23.2 Å². The van der Waals surface area contributed by atoms with Gasteiger partial charge in [-0.05, 0) is 55.5 Å². The zero-order valence-electron chi connectivity index (χ0n) is 23.0. The van der Waals surface area contributed by atoms with Crippen molar-refractivity contribution in [3.63, 3.8) is 0 Å². The van der Waals surface area contributed by atoms with Crippen LogP contribution in [0.3, 0.4) is 0 Å². The minimum absolute atomic E-state index is 0.0854. The Morgan fingerprint density at radius 3 is 2.49 bits per heavy atom. The summed E-state index contributed by atoms with van der Waals surface area (Å²) in [6.45, 7) is 3.65. The third kappa shape index (κ3) is 5.36. The van der Waals surface area contributed by atoms with Gasteiger partial charge in [0.1, 0.15) is 28.0 Å². The molecule has 1 aromatic carbocycles. The third-order valence-corrected chi connectivity index (χ3v) is 10.2. The fourth-order valence-corrected chi connectivity index (χ4v) is 7.40. The summed E-state index contributed by atoms with van der Waals surface area (Å²) < 4.78 is 83.2. The Morgan fingerprint density at radius 1 is 1.02 bits per heavy atom. The molecular weight excluding hydrogens is 608 g/mol. The maximum atomic E-state index is 16.3. The predicted octanol–water partition coefficient (Wildman–Crippen LogP) is 6.52. The first-order chi connectivity index (χ1) is 20.5. The van der Waals surface area contributed by atoms with E-state index in [4.69, 9.17) is 16.3 Å². The normalized spacial score (nSPS) is 19.3. The van der Waals surface area contributed by atoms with Gasteiger partial charge in [-0.1, -0.05) is 17.7 Å². The Labute approximate surface area is 249 Å². The van der Waals surface area contributed by atoms with Gasteiger partial charge in [0.15, 0.2) is 11.6 Å². The molecule has 2 fully saturated rings. The van der Waals surface area contributed by atoms with E-state index in [1.165, 1.54) is 24.4 Å². The van der Waals surface area contributed by atoms with Crippen LogP contribution in [0.5, 0.6) is 0 Å². The largest absolute Gasteiger partial charge is 0.379 e. The lowest BCUT2D eigenvalue weighted by Crippen LogP contribution is -2.25. The van der Waals surface area contributed by atoms with E-state index < -0.39 is 44.5 Å². The number of halogens is 5. The Bertz CT molecular complexity index is 1960. The van der Waals surface area contributed by atoms with E-state index in [1.54, 1.807) is 19.9 Å². The van der Waals surface area contributed by atoms with Crippen molar-refractivity contribution in [3.05, 3.63) is 104 Å². The molecule has 2 aliphatic rings. The first kappa shape index (κ1) is 29.5. The number of ether oxygens (including phenoxy) is 1. The molecule has 4 heterocycles. The van der Waals surface area contributed by atoms with E-state index in [0.717, 1.165) is 16.8 Å². The van der Waals surface area contributed by atoms with Crippen molar-refractivity contribution in [2.24, 2.45) is 4.36 Å². The van der Waals surface area contributed by atoms with Crippen LogP contribution in [-0.2, 0) is 14.5 Å². The average molecular weight is 633 g/mol. The van der Waals surface area contributed by atoms with Crippen LogP contribution in [0.4, 0.5) is 23.2 Å². The number of hydrogen-bond donors (Lipinski definition) is 0. The van der Waals surface area contributed by atoms with E-state index in [-0.39, 0.29) is 64.0 Å². The summed E-state index contributed by atoms with van der Waals surface area (Å²) in [6.07, 6.45) is 2.71. The number of aromatic nitrogens is 3. The molecule has 4 aromatic rings. The highest BCUT2D eigenvalue weighted by atomic mass is 35.5. The first-order valence-electron chi connectivity index (χ1n) is 13.5. The van der Waals surface area contributed by atoms with Gasteiger partial charge in [-0.15, -0.1) is 0 Å². The van der Waals surface area contributed by atoms with Crippen LogP contribution < -0.4 is 5.56 Å². The molecule has 0 N–H and O–H groups in total. The summed E-state index contributed by atoms with van der Waals surface area (Å²) in [4.78, 5) is 21.6. The number of rotatable bonds is 5. The van der Waals surface area contributed by atoms with Gasteiger partial charge in [0, 0.05) is 29.4 Å². The molecule has 1 aliphatic heterocycles. The SMILES string of the molecule is Cc1cnc(-c2cccc(N=S3(=O)CCOCC3)c2F)c(F)c1-n1c(C)cc([C@H]2C[C@@H]2c2ncc(F)cc2F)c(Cl)c1=O. The Kier molecular flexibility index (Phi) is 7.64. The second-order valence-electron chi connectivity index (χ2n) is 10.6. The summed E-state index contributed by atoms with van der Waals surface area (Å²) in [5.74, 6) is -3.82. The molecule has 43 heavy (non-hydrogen) atoms. The van der Waals surface area contributed by atoms with Crippen LogP contribution >= 0.6 is 11.6 Å². The summed E-state index contributed by atoms with van der Waals surface area (Å²) >= 11 is 6.53. The minimum Gasteiger partial charge on any atom is -0.379 e. The molecule has 0 amide bonds. The number of benzene rings is 1. The lowest BCUT2D eigenvalue weighted by Gasteiger charge is -2.18. The van der Waals surface area contributed by atoms with Crippen molar-refractivity contribution in [2.75, 3.05) is 24.7 Å². The van der Waals surface area contributed by atoms with Crippen LogP contribution in [0.25, 0.3) is 16.9 Å². The van der Waals surface area contributed by atoms with Crippen LogP contribution in [0, 0.1) is 37.1 Å². The van der Waals surface area contributed by atoms with Crippen LogP contribution in [0.2, 0.25) is 5.02 Å². The molecule has 3 aromatic heterocycles. The Hall–Kier alpha value is -3.61. The van der Waals surface area contributed by atoms with Gasteiger partial charge >= 0.3 is 0 Å². The Morgan fingerprint density at radius 2 is 1.77 bits per heavy atom. The summed E-state index contributed by atoms with van der Waals surface area (Å²) in [5, 5.41) is -0.176. The maximum absolute atomic E-state index is 16.3. The van der Waals surface area contributed by atoms with Crippen molar-refractivity contribution in [2.45, 2.75) is 32.1 Å². The highest BCUT2D eigenvalue weighted by Crippen LogP contribution is 2.56. The quantitative estimate of drug-likeness (QED) is 0.234. The molecule has 1 saturated heterocycles. The zero-order chi connectivity index (χ0) is 30.6. The number of aryl methyl sites for hydroxylation is 2. The number of hydrogen-bond acceptors (Lipinski definition) is 6. The third-order valence-electron chi connectivity index (χ3n) is 7.73. The van der Waals surface area contributed by atoms with Gasteiger partial charge in [-0.3, -0.25) is 19.3 Å². The predicted molar refractivity (Wildman–Crippen MR) is 155 cm³/mol. The number of pyridine rings is 3. The lowest BCUT2D eigenvalue weighted by atomic mass is 10.0. The molecule has 7 nitrogen and oxygen atoms in total. The molecule has 0 bridgehead atoms. The van der Waals surface area contributed by atoms with Gasteiger partial charge in [0.25, 0.3) is 5.56 Å². The monoisotopic (exact) mass is 632 g/mol. The van der Waals surface area contributed by atoms with Gasteiger partial charge in [-0.2, -0.15) is 4.36 Å². The fourth-order valence-electron chi connectivity index (χ4n) is 5.47. The highest BCUT2D eigenvalue weighted by Gasteiger charge is 2.44. The molecule has 1 saturated carbocycles. The van der Waals surface area contributed by atoms with E-state index in [2.05, 4.69) is 14.3 Å². The lowest BCUT2D eigenvalue weighted by molar-refractivity contribution is 0.158. The average Bonchev–Trinajstić information content (AvgIpc) is 3.74. The van der Waals surface area contributed by atoms with E-state index in [9.17, 15) is 17.8 Å². The van der Waals surface area contributed by atoms with Crippen molar-refractivity contribution < 1.29 is 26.5 Å². The molecule has 0 radical (unpaired) electrons. The zero-order valence-corrected chi connectivity index (χ0v) is 24.6. The first-order valence-corrected chi connectivity index (χ1v) is 15.7. The Balaban J connectivity index is 1.41. The van der Waals surface area contributed by atoms with Crippen molar-refractivity contribution in [1.29, 1.82) is 0 Å². The number of nitrogens with zero attached hydrogens (tertiary/aromatic N) is 4. The smallest absolute Gasteiger partial charge is 0.274 e. The van der Waals surface area contributed by atoms with Gasteiger partial charge in [-0.25, -0.2) is 21.8 Å². The van der Waals surface area contributed by atoms with E-state index in [1.807, 2.05) is 0 Å². The van der Waals surface area contributed by atoms with E-state index >= 15 is 8.78 Å². The molecule has 13 heteroatoms. The molecule has 0 spiro atoms. The molecule has 0 unspecified atom stereocenters. The van der Waals surface area contributed by atoms with Gasteiger partial charge in [0.2, 0.25) is 0 Å². The van der Waals surface area contributed by atoms with Crippen molar-refractivity contribution in [3.8, 4) is 16.9 Å². The van der Waals surface area contributed by atoms with Crippen molar-refractivity contribution >= 4 is 27.0 Å². The summed E-state index contributed by atoms with van der Waals surface area (Å²) in [5.41, 5.74) is -0.452. The molecule has 6 rings (SSSR count). The van der Waals surface area contributed by atoms with Crippen LogP contribution in [-0.4, -0.2) is 43.5 Å². The molecule has 1 aliphatic carbocycles. The summed E-state index contributed by atoms with van der Waals surface area (Å²) in [7, 11) is -2.74. The maximum Gasteiger partial charge on any atom is 0.274 e. The second-order valence-corrected chi connectivity index (χ2v) is 13.6. The van der Waals surface area contributed by atoms with Gasteiger partial charge in [0.05, 0.1) is 52.0 Å².